The van der Waals surface area contributed by atoms with Crippen LogP contribution in [0.25, 0.3) is 0 Å². The van der Waals surface area contributed by atoms with Crippen LogP contribution in [0.15, 0.2) is 0 Å². The summed E-state index contributed by atoms with van der Waals surface area (Å²) in [6.45, 7) is 2.84. The van der Waals surface area contributed by atoms with E-state index in [1.165, 1.54) is 13.5 Å². The van der Waals surface area contributed by atoms with Gasteiger partial charge in [-0.1, -0.05) is 13.3 Å². The number of methoxy groups -OCH3 is 1. The third kappa shape index (κ3) is 4.91. The van der Waals surface area contributed by atoms with Gasteiger partial charge < -0.3 is 20.5 Å². The molecule has 0 saturated heterocycles. The van der Waals surface area contributed by atoms with Gasteiger partial charge in [-0.15, -0.1) is 0 Å². The van der Waals surface area contributed by atoms with Crippen LogP contribution in [0.4, 0.5) is 4.79 Å². The van der Waals surface area contributed by atoms with Gasteiger partial charge in [0, 0.05) is 13.7 Å². The monoisotopic (exact) mass is 258 g/mol. The molecule has 0 spiro atoms. The summed E-state index contributed by atoms with van der Waals surface area (Å²) >= 11 is 0. The maximum atomic E-state index is 11.5. The molecule has 2 amide bonds. The number of hydrogen-bond donors (Lipinski definition) is 3. The fourth-order valence-electron chi connectivity index (χ4n) is 2.27. The Morgan fingerprint density at radius 1 is 1.39 bits per heavy atom. The summed E-state index contributed by atoms with van der Waals surface area (Å²) in [5.41, 5.74) is 0. The Morgan fingerprint density at radius 2 is 2.11 bits per heavy atom. The number of ether oxygens (including phenoxy) is 1. The topological polar surface area (TPSA) is 87.7 Å². The number of carbonyl (C=O) groups excluding carboxylic acids is 1. The second-order valence-electron chi connectivity index (χ2n) is 4.94. The Bertz CT molecular complexity index is 296. The molecule has 3 unspecified atom stereocenters. The summed E-state index contributed by atoms with van der Waals surface area (Å²) in [4.78, 5) is 22.1. The van der Waals surface area contributed by atoms with Crippen molar-refractivity contribution in [1.82, 2.24) is 10.6 Å². The minimum absolute atomic E-state index is 0.0290. The molecule has 0 bridgehead atoms. The van der Waals surface area contributed by atoms with Crippen molar-refractivity contribution in [1.29, 1.82) is 0 Å². The van der Waals surface area contributed by atoms with Gasteiger partial charge >= 0.3 is 12.0 Å². The molecule has 6 nitrogen and oxygen atoms in total. The van der Waals surface area contributed by atoms with Crippen LogP contribution in [0, 0.1) is 11.8 Å². The number of nitrogens with one attached hydrogen (secondary N) is 2. The van der Waals surface area contributed by atoms with Gasteiger partial charge in [-0.2, -0.15) is 0 Å². The normalized spacial score (nSPS) is 24.6. The van der Waals surface area contributed by atoms with Crippen LogP contribution in [0.2, 0.25) is 0 Å². The van der Waals surface area contributed by atoms with Crippen LogP contribution in [-0.2, 0) is 9.53 Å². The highest BCUT2D eigenvalue weighted by Gasteiger charge is 2.22. The zero-order valence-electron chi connectivity index (χ0n) is 10.9. The molecular formula is C12H22N2O4. The first kappa shape index (κ1) is 14.8. The van der Waals surface area contributed by atoms with Crippen LogP contribution in [0.5, 0.6) is 0 Å². The van der Waals surface area contributed by atoms with Crippen molar-refractivity contribution in [3.63, 3.8) is 0 Å². The van der Waals surface area contributed by atoms with E-state index in [4.69, 9.17) is 9.84 Å². The lowest BCUT2D eigenvalue weighted by atomic mass is 10.1. The van der Waals surface area contributed by atoms with Crippen molar-refractivity contribution < 1.29 is 19.4 Å². The fraction of sp³-hybridized carbons (Fsp3) is 0.833. The molecule has 0 aromatic carbocycles. The number of carboxylic acid groups (broad SMARTS) is 1. The van der Waals surface area contributed by atoms with E-state index in [1.807, 2.05) is 0 Å². The second-order valence-corrected chi connectivity index (χ2v) is 4.94. The number of carbonyl (C=O) groups is 2. The van der Waals surface area contributed by atoms with E-state index in [1.54, 1.807) is 0 Å². The van der Waals surface area contributed by atoms with Crippen molar-refractivity contribution in [2.75, 3.05) is 20.2 Å². The van der Waals surface area contributed by atoms with Gasteiger partial charge in [-0.3, -0.25) is 0 Å². The molecule has 1 aliphatic rings. The Balaban J connectivity index is 2.15. The highest BCUT2D eigenvalue weighted by Crippen LogP contribution is 2.29. The first-order valence-corrected chi connectivity index (χ1v) is 6.30. The molecule has 1 rings (SSSR count). The summed E-state index contributed by atoms with van der Waals surface area (Å²) < 4.78 is 4.71. The lowest BCUT2D eigenvalue weighted by Gasteiger charge is -2.14. The summed E-state index contributed by atoms with van der Waals surface area (Å²) in [5.74, 6) is 0.204. The number of urea groups is 1. The first-order valence-electron chi connectivity index (χ1n) is 6.30. The Labute approximate surface area is 107 Å². The van der Waals surface area contributed by atoms with E-state index >= 15 is 0 Å². The molecule has 0 aliphatic heterocycles. The number of amides is 2. The van der Waals surface area contributed by atoms with Crippen LogP contribution < -0.4 is 10.6 Å². The van der Waals surface area contributed by atoms with Crippen LogP contribution >= 0.6 is 0 Å². The summed E-state index contributed by atoms with van der Waals surface area (Å²) in [5, 5.41) is 14.0. The molecule has 0 radical (unpaired) electrons. The molecule has 3 N–H and O–H groups in total. The molecule has 104 valence electrons. The third-order valence-electron chi connectivity index (χ3n) is 3.36. The largest absolute Gasteiger partial charge is 0.479 e. The van der Waals surface area contributed by atoms with Gasteiger partial charge in [-0.05, 0) is 24.7 Å². The number of rotatable bonds is 6. The lowest BCUT2D eigenvalue weighted by Crippen LogP contribution is -2.43. The standard InChI is InChI=1S/C12H22N2O4/c1-8-3-4-9(5-8)6-13-12(17)14-7-10(18-2)11(15)16/h8-10H,3-7H2,1-2H3,(H,15,16)(H2,13,14,17). The smallest absolute Gasteiger partial charge is 0.334 e. The molecule has 0 aromatic heterocycles. The van der Waals surface area contributed by atoms with Gasteiger partial charge in [0.1, 0.15) is 0 Å². The number of carboxylic acids is 1. The molecule has 1 saturated carbocycles. The predicted molar refractivity (Wildman–Crippen MR) is 66.3 cm³/mol. The van der Waals surface area contributed by atoms with Gasteiger partial charge in [0.25, 0.3) is 0 Å². The van der Waals surface area contributed by atoms with Gasteiger partial charge in [-0.25, -0.2) is 9.59 Å². The zero-order chi connectivity index (χ0) is 13.5. The van der Waals surface area contributed by atoms with Crippen molar-refractivity contribution in [3.05, 3.63) is 0 Å². The predicted octanol–water partition coefficient (Wildman–Crippen LogP) is 0.821. The van der Waals surface area contributed by atoms with E-state index in [-0.39, 0.29) is 12.6 Å². The van der Waals surface area contributed by atoms with Gasteiger partial charge in [0.05, 0.1) is 6.54 Å². The van der Waals surface area contributed by atoms with Crippen LogP contribution in [0.1, 0.15) is 26.2 Å². The Morgan fingerprint density at radius 3 is 2.61 bits per heavy atom. The molecule has 0 aromatic rings. The molecular weight excluding hydrogens is 236 g/mol. The molecule has 18 heavy (non-hydrogen) atoms. The van der Waals surface area contributed by atoms with Gasteiger partial charge in [0.15, 0.2) is 6.10 Å². The molecule has 0 heterocycles. The Kier molecular flexibility index (Phi) is 5.91. The maximum absolute atomic E-state index is 11.5. The average molecular weight is 258 g/mol. The van der Waals surface area contributed by atoms with E-state index in [9.17, 15) is 9.59 Å². The Hall–Kier alpha value is -1.30. The fourth-order valence-corrected chi connectivity index (χ4v) is 2.27. The van der Waals surface area contributed by atoms with Crippen molar-refractivity contribution in [2.24, 2.45) is 11.8 Å². The quantitative estimate of drug-likeness (QED) is 0.658. The SMILES string of the molecule is COC(CNC(=O)NCC1CCC(C)C1)C(=O)O. The zero-order valence-corrected chi connectivity index (χ0v) is 10.9. The van der Waals surface area contributed by atoms with Crippen molar-refractivity contribution >= 4 is 12.0 Å². The summed E-state index contributed by atoms with van der Waals surface area (Å²) in [6.07, 6.45) is 2.52. The molecule has 1 fully saturated rings. The highest BCUT2D eigenvalue weighted by atomic mass is 16.5. The van der Waals surface area contributed by atoms with Crippen LogP contribution in [0.3, 0.4) is 0 Å². The van der Waals surface area contributed by atoms with Gasteiger partial charge in [0.2, 0.25) is 0 Å². The van der Waals surface area contributed by atoms with E-state index in [2.05, 4.69) is 17.6 Å². The molecule has 3 atom stereocenters. The summed E-state index contributed by atoms with van der Waals surface area (Å²) in [7, 11) is 1.30. The number of hydrogen-bond acceptors (Lipinski definition) is 3. The second kappa shape index (κ2) is 7.20. The van der Waals surface area contributed by atoms with E-state index < -0.39 is 12.1 Å². The lowest BCUT2D eigenvalue weighted by molar-refractivity contribution is -0.147. The van der Waals surface area contributed by atoms with Crippen molar-refractivity contribution in [2.45, 2.75) is 32.3 Å². The first-order chi connectivity index (χ1) is 8.52. The van der Waals surface area contributed by atoms with E-state index in [0.29, 0.717) is 12.5 Å². The summed E-state index contributed by atoms with van der Waals surface area (Å²) in [6, 6.07) is -0.335. The maximum Gasteiger partial charge on any atom is 0.334 e. The third-order valence-corrected chi connectivity index (χ3v) is 3.36. The highest BCUT2D eigenvalue weighted by molar-refractivity contribution is 5.76. The van der Waals surface area contributed by atoms with Crippen molar-refractivity contribution in [3.8, 4) is 0 Å². The molecule has 6 heteroatoms. The minimum Gasteiger partial charge on any atom is -0.479 e. The van der Waals surface area contributed by atoms with E-state index in [0.717, 1.165) is 18.8 Å². The molecule has 1 aliphatic carbocycles. The average Bonchev–Trinajstić information content (AvgIpc) is 2.73. The number of aliphatic carboxylic acids is 1. The van der Waals surface area contributed by atoms with Crippen LogP contribution in [-0.4, -0.2) is 43.4 Å². The minimum atomic E-state index is -1.08.